The van der Waals surface area contributed by atoms with Gasteiger partial charge in [-0.05, 0) is 31.9 Å². The van der Waals surface area contributed by atoms with Gasteiger partial charge in [0.25, 0.3) is 0 Å². The second-order valence-corrected chi connectivity index (χ2v) is 3.54. The Balaban J connectivity index is 2.16. The van der Waals surface area contributed by atoms with Gasteiger partial charge >= 0.3 is 0 Å². The van der Waals surface area contributed by atoms with Crippen LogP contribution >= 0.6 is 0 Å². The van der Waals surface area contributed by atoms with Crippen molar-refractivity contribution >= 4 is 11.7 Å². The van der Waals surface area contributed by atoms with Gasteiger partial charge in [-0.1, -0.05) is 6.07 Å². The smallest absolute Gasteiger partial charge is 0.231 e. The van der Waals surface area contributed by atoms with E-state index in [0.717, 1.165) is 18.7 Å². The summed E-state index contributed by atoms with van der Waals surface area (Å²) in [5.41, 5.74) is 0. The number of carbonyl (C=O) groups excluding carboxylic acids is 1. The van der Waals surface area contributed by atoms with Crippen LogP contribution in [0, 0.1) is 5.92 Å². The highest BCUT2D eigenvalue weighted by Crippen LogP contribution is 2.32. The van der Waals surface area contributed by atoms with Crippen LogP contribution in [0.3, 0.4) is 0 Å². The van der Waals surface area contributed by atoms with Crippen molar-refractivity contribution in [3.05, 3.63) is 24.4 Å². The molecule has 0 unspecified atom stereocenters. The maximum Gasteiger partial charge on any atom is 0.231 e. The quantitative estimate of drug-likeness (QED) is 0.728. The van der Waals surface area contributed by atoms with E-state index < -0.39 is 0 Å². The minimum absolute atomic E-state index is 0.228. The lowest BCUT2D eigenvalue weighted by atomic mass is 10.3. The number of carbonyl (C=O) groups is 1. The highest BCUT2D eigenvalue weighted by atomic mass is 16.2. The molecule has 0 radical (unpaired) electrons. The Bertz CT molecular complexity index is 319. The fourth-order valence-corrected chi connectivity index (χ4v) is 1.49. The van der Waals surface area contributed by atoms with Crippen molar-refractivity contribution in [2.45, 2.75) is 19.8 Å². The summed E-state index contributed by atoms with van der Waals surface area (Å²) in [6, 6.07) is 5.65. The molecule has 0 atom stereocenters. The van der Waals surface area contributed by atoms with Gasteiger partial charge in [-0.3, -0.25) is 9.69 Å². The van der Waals surface area contributed by atoms with E-state index in [-0.39, 0.29) is 11.8 Å². The summed E-state index contributed by atoms with van der Waals surface area (Å²) < 4.78 is 0. The Kier molecular flexibility index (Phi) is 2.48. The van der Waals surface area contributed by atoms with Gasteiger partial charge in [0, 0.05) is 18.7 Å². The summed E-state index contributed by atoms with van der Waals surface area (Å²) >= 11 is 0. The van der Waals surface area contributed by atoms with E-state index in [1.807, 2.05) is 25.1 Å². The van der Waals surface area contributed by atoms with Crippen LogP contribution in [-0.4, -0.2) is 17.4 Å². The van der Waals surface area contributed by atoms with Crippen LogP contribution in [-0.2, 0) is 4.79 Å². The molecular weight excluding hydrogens is 176 g/mol. The van der Waals surface area contributed by atoms with Crippen molar-refractivity contribution in [1.82, 2.24) is 4.98 Å². The molecule has 1 aliphatic rings. The molecule has 0 bridgehead atoms. The molecule has 1 aliphatic carbocycles. The van der Waals surface area contributed by atoms with Crippen LogP contribution in [0.15, 0.2) is 24.4 Å². The predicted octanol–water partition coefficient (Wildman–Crippen LogP) is 1.84. The molecule has 1 aromatic heterocycles. The molecule has 0 aromatic carbocycles. The zero-order valence-corrected chi connectivity index (χ0v) is 8.31. The van der Waals surface area contributed by atoms with Crippen LogP contribution in [0.2, 0.25) is 0 Å². The third-order valence-corrected chi connectivity index (χ3v) is 2.43. The second-order valence-electron chi connectivity index (χ2n) is 3.54. The summed E-state index contributed by atoms with van der Waals surface area (Å²) in [7, 11) is 0. The minimum atomic E-state index is 0.228. The van der Waals surface area contributed by atoms with Gasteiger partial charge in [0.15, 0.2) is 0 Å². The van der Waals surface area contributed by atoms with E-state index in [4.69, 9.17) is 0 Å². The van der Waals surface area contributed by atoms with Crippen LogP contribution in [0.25, 0.3) is 0 Å². The first-order valence-electron chi connectivity index (χ1n) is 5.05. The van der Waals surface area contributed by atoms with Crippen molar-refractivity contribution < 1.29 is 4.79 Å². The molecule has 1 heterocycles. The highest BCUT2D eigenvalue weighted by Gasteiger charge is 2.33. The molecule has 1 aromatic rings. The Morgan fingerprint density at radius 3 is 2.86 bits per heavy atom. The van der Waals surface area contributed by atoms with Gasteiger partial charge in [0.1, 0.15) is 5.82 Å². The molecule has 0 saturated heterocycles. The first-order valence-corrected chi connectivity index (χ1v) is 5.05. The highest BCUT2D eigenvalue weighted by molar-refractivity contribution is 5.95. The van der Waals surface area contributed by atoms with Crippen LogP contribution in [0.4, 0.5) is 5.82 Å². The largest absolute Gasteiger partial charge is 0.297 e. The Morgan fingerprint density at radius 2 is 2.36 bits per heavy atom. The first-order chi connectivity index (χ1) is 6.83. The summed E-state index contributed by atoms with van der Waals surface area (Å²) in [4.78, 5) is 17.8. The van der Waals surface area contributed by atoms with Crippen molar-refractivity contribution in [3.63, 3.8) is 0 Å². The molecule has 3 heteroatoms. The Hall–Kier alpha value is -1.38. The molecule has 14 heavy (non-hydrogen) atoms. The van der Waals surface area contributed by atoms with E-state index >= 15 is 0 Å². The van der Waals surface area contributed by atoms with Crippen LogP contribution in [0.1, 0.15) is 19.8 Å². The predicted molar refractivity (Wildman–Crippen MR) is 55.0 cm³/mol. The van der Waals surface area contributed by atoms with E-state index in [1.165, 1.54) is 0 Å². The molecule has 1 amide bonds. The maximum absolute atomic E-state index is 11.8. The fraction of sp³-hybridized carbons (Fsp3) is 0.455. The molecule has 0 spiro atoms. The summed E-state index contributed by atoms with van der Waals surface area (Å²) in [6.07, 6.45) is 3.81. The summed E-state index contributed by atoms with van der Waals surface area (Å²) in [5, 5.41) is 0. The van der Waals surface area contributed by atoms with Crippen molar-refractivity contribution in [2.75, 3.05) is 11.4 Å². The average Bonchev–Trinajstić information content (AvgIpc) is 3.03. The molecule has 0 N–H and O–H groups in total. The van der Waals surface area contributed by atoms with Crippen LogP contribution in [0.5, 0.6) is 0 Å². The van der Waals surface area contributed by atoms with Gasteiger partial charge in [0.05, 0.1) is 0 Å². The molecule has 74 valence electrons. The van der Waals surface area contributed by atoms with Crippen LogP contribution < -0.4 is 4.90 Å². The number of rotatable bonds is 3. The third-order valence-electron chi connectivity index (χ3n) is 2.43. The zero-order chi connectivity index (χ0) is 9.97. The monoisotopic (exact) mass is 190 g/mol. The SMILES string of the molecule is CCN(C(=O)C1CC1)c1ccccn1. The third kappa shape index (κ3) is 1.76. The molecule has 3 nitrogen and oxygen atoms in total. The van der Waals surface area contributed by atoms with Gasteiger partial charge < -0.3 is 0 Å². The Labute approximate surface area is 83.8 Å². The first kappa shape index (κ1) is 9.19. The van der Waals surface area contributed by atoms with Gasteiger partial charge in [-0.2, -0.15) is 0 Å². The molecule has 1 fully saturated rings. The molecule has 1 saturated carbocycles. The number of nitrogens with zero attached hydrogens (tertiary/aromatic N) is 2. The zero-order valence-electron chi connectivity index (χ0n) is 8.31. The molecule has 2 rings (SSSR count). The summed E-state index contributed by atoms with van der Waals surface area (Å²) in [6.45, 7) is 2.68. The van der Waals surface area contributed by atoms with E-state index in [0.29, 0.717) is 6.54 Å². The van der Waals surface area contributed by atoms with Crippen molar-refractivity contribution in [2.24, 2.45) is 5.92 Å². The van der Waals surface area contributed by atoms with Gasteiger partial charge in [-0.15, -0.1) is 0 Å². The number of amides is 1. The van der Waals surface area contributed by atoms with Gasteiger partial charge in [0.2, 0.25) is 5.91 Å². The van der Waals surface area contributed by atoms with Crippen molar-refractivity contribution in [3.8, 4) is 0 Å². The lowest BCUT2D eigenvalue weighted by Crippen LogP contribution is -2.32. The standard InChI is InChI=1S/C11H14N2O/c1-2-13(11(14)9-6-7-9)10-5-3-4-8-12-10/h3-5,8-9H,2,6-7H2,1H3. The van der Waals surface area contributed by atoms with E-state index in [2.05, 4.69) is 4.98 Å². The number of anilines is 1. The normalized spacial score (nSPS) is 15.2. The Morgan fingerprint density at radius 1 is 1.57 bits per heavy atom. The average molecular weight is 190 g/mol. The van der Waals surface area contributed by atoms with E-state index in [1.54, 1.807) is 11.1 Å². The topological polar surface area (TPSA) is 33.2 Å². The number of pyridine rings is 1. The van der Waals surface area contributed by atoms with Crippen molar-refractivity contribution in [1.29, 1.82) is 0 Å². The van der Waals surface area contributed by atoms with E-state index in [9.17, 15) is 4.79 Å². The maximum atomic E-state index is 11.8. The molecule has 0 aliphatic heterocycles. The fourth-order valence-electron chi connectivity index (χ4n) is 1.49. The van der Waals surface area contributed by atoms with Gasteiger partial charge in [-0.25, -0.2) is 4.98 Å². The second kappa shape index (κ2) is 3.78. The number of hydrogen-bond donors (Lipinski definition) is 0. The minimum Gasteiger partial charge on any atom is -0.297 e. The lowest BCUT2D eigenvalue weighted by molar-refractivity contribution is -0.119. The molecular formula is C11H14N2O. The lowest BCUT2D eigenvalue weighted by Gasteiger charge is -2.19. The summed E-state index contributed by atoms with van der Waals surface area (Å²) in [5.74, 6) is 1.26. The number of aromatic nitrogens is 1. The number of hydrogen-bond acceptors (Lipinski definition) is 2.